The average molecular weight is 374 g/mol. The lowest BCUT2D eigenvalue weighted by atomic mass is 9.83. The van der Waals surface area contributed by atoms with Crippen molar-refractivity contribution in [2.24, 2.45) is 0 Å². The van der Waals surface area contributed by atoms with Crippen LogP contribution in [0.5, 0.6) is 0 Å². The molecule has 26 heavy (non-hydrogen) atoms. The predicted octanol–water partition coefficient (Wildman–Crippen LogP) is 5.30. The normalized spacial score (nSPS) is 15.2. The molecular formula is C21H23FO3S. The highest BCUT2D eigenvalue weighted by Crippen LogP contribution is 2.38. The fraction of sp³-hybridized carbons (Fsp3) is 0.429. The highest BCUT2D eigenvalue weighted by atomic mass is 32.1. The Morgan fingerprint density at radius 1 is 1.19 bits per heavy atom. The van der Waals surface area contributed by atoms with Crippen LogP contribution in [0.25, 0.3) is 0 Å². The first-order valence-corrected chi connectivity index (χ1v) is 9.94. The number of thiophene rings is 1. The molecule has 2 aromatic rings. The number of carbonyl (C=O) groups is 2. The molecule has 1 heterocycles. The Morgan fingerprint density at radius 3 is 2.58 bits per heavy atom. The zero-order valence-corrected chi connectivity index (χ0v) is 15.7. The number of halogens is 1. The summed E-state index contributed by atoms with van der Waals surface area (Å²) >= 11 is 1.37. The molecule has 3 nitrogen and oxygen atoms in total. The SMILES string of the molecule is Cc1ccc(CC(=O)Cc2scc(C3CCCCC3)c2C(=O)O)cc1F. The summed E-state index contributed by atoms with van der Waals surface area (Å²) in [5.74, 6) is -1.07. The van der Waals surface area contributed by atoms with E-state index < -0.39 is 5.97 Å². The average Bonchev–Trinajstić information content (AvgIpc) is 3.02. The molecule has 0 unspecified atom stereocenters. The van der Waals surface area contributed by atoms with E-state index in [2.05, 4.69) is 0 Å². The summed E-state index contributed by atoms with van der Waals surface area (Å²) < 4.78 is 13.6. The molecular weight excluding hydrogens is 351 g/mol. The van der Waals surface area contributed by atoms with E-state index in [1.807, 2.05) is 5.38 Å². The van der Waals surface area contributed by atoms with Crippen molar-refractivity contribution >= 4 is 23.1 Å². The summed E-state index contributed by atoms with van der Waals surface area (Å²) in [5.41, 5.74) is 2.39. The lowest BCUT2D eigenvalue weighted by Crippen LogP contribution is -2.12. The molecule has 1 saturated carbocycles. The Bertz CT molecular complexity index is 819. The van der Waals surface area contributed by atoms with Gasteiger partial charge in [-0.25, -0.2) is 9.18 Å². The minimum absolute atomic E-state index is 0.0900. The molecule has 0 spiro atoms. The fourth-order valence-electron chi connectivity index (χ4n) is 3.72. The van der Waals surface area contributed by atoms with Crippen LogP contribution in [-0.4, -0.2) is 16.9 Å². The van der Waals surface area contributed by atoms with Gasteiger partial charge in [-0.3, -0.25) is 4.79 Å². The first-order chi connectivity index (χ1) is 12.5. The molecule has 1 N–H and O–H groups in total. The molecule has 1 aromatic heterocycles. The van der Waals surface area contributed by atoms with Gasteiger partial charge in [-0.2, -0.15) is 0 Å². The maximum atomic E-state index is 13.6. The van der Waals surface area contributed by atoms with E-state index >= 15 is 0 Å². The number of hydrogen-bond acceptors (Lipinski definition) is 3. The van der Waals surface area contributed by atoms with E-state index in [0.29, 0.717) is 27.5 Å². The first kappa shape index (κ1) is 18.8. The van der Waals surface area contributed by atoms with Gasteiger partial charge in [-0.05, 0) is 53.8 Å². The zero-order valence-electron chi connectivity index (χ0n) is 14.9. The summed E-state index contributed by atoms with van der Waals surface area (Å²) in [6.07, 6.45) is 5.72. The van der Waals surface area contributed by atoms with Gasteiger partial charge in [0.05, 0.1) is 5.56 Å². The molecule has 0 saturated heterocycles. The monoisotopic (exact) mass is 374 g/mol. The summed E-state index contributed by atoms with van der Waals surface area (Å²) in [4.78, 5) is 24.9. The molecule has 1 aromatic carbocycles. The lowest BCUT2D eigenvalue weighted by molar-refractivity contribution is -0.117. The van der Waals surface area contributed by atoms with Gasteiger partial charge in [-0.15, -0.1) is 11.3 Å². The van der Waals surface area contributed by atoms with Gasteiger partial charge in [0.25, 0.3) is 0 Å². The van der Waals surface area contributed by atoms with Crippen molar-refractivity contribution in [2.45, 2.75) is 57.8 Å². The molecule has 1 aliphatic rings. The van der Waals surface area contributed by atoms with E-state index in [0.717, 1.165) is 31.2 Å². The first-order valence-electron chi connectivity index (χ1n) is 9.06. The standard InChI is InChI=1S/C21H23FO3S/c1-13-7-8-14(10-18(13)22)9-16(23)11-19-20(21(24)25)17(12-26-19)15-5-3-2-4-6-15/h7-8,10,12,15H,2-6,9,11H2,1H3,(H,24,25). The van der Waals surface area contributed by atoms with Gasteiger partial charge in [-0.1, -0.05) is 31.4 Å². The molecule has 138 valence electrons. The minimum atomic E-state index is -0.948. The van der Waals surface area contributed by atoms with Crippen LogP contribution < -0.4 is 0 Å². The fourth-order valence-corrected chi connectivity index (χ4v) is 4.86. The van der Waals surface area contributed by atoms with Crippen LogP contribution in [0.3, 0.4) is 0 Å². The number of aryl methyl sites for hydroxylation is 1. The van der Waals surface area contributed by atoms with E-state index in [1.165, 1.54) is 23.8 Å². The highest BCUT2D eigenvalue weighted by molar-refractivity contribution is 7.10. The molecule has 0 aliphatic heterocycles. The second kappa shape index (κ2) is 8.12. The number of hydrogen-bond donors (Lipinski definition) is 1. The van der Waals surface area contributed by atoms with E-state index in [1.54, 1.807) is 19.1 Å². The summed E-state index contributed by atoms with van der Waals surface area (Å²) in [6, 6.07) is 4.79. The van der Waals surface area contributed by atoms with Gasteiger partial charge >= 0.3 is 5.97 Å². The van der Waals surface area contributed by atoms with Crippen molar-refractivity contribution in [3.05, 3.63) is 56.5 Å². The number of rotatable bonds is 6. The largest absolute Gasteiger partial charge is 0.478 e. The minimum Gasteiger partial charge on any atom is -0.478 e. The quantitative estimate of drug-likeness (QED) is 0.747. The topological polar surface area (TPSA) is 54.4 Å². The molecule has 1 fully saturated rings. The van der Waals surface area contributed by atoms with Gasteiger partial charge in [0.2, 0.25) is 0 Å². The Balaban J connectivity index is 1.76. The molecule has 0 bridgehead atoms. The van der Waals surface area contributed by atoms with Gasteiger partial charge in [0, 0.05) is 17.7 Å². The summed E-state index contributed by atoms with van der Waals surface area (Å²) in [6.45, 7) is 1.68. The maximum Gasteiger partial charge on any atom is 0.337 e. The number of benzene rings is 1. The van der Waals surface area contributed by atoms with Crippen LogP contribution in [0.15, 0.2) is 23.6 Å². The molecule has 3 rings (SSSR count). The number of aromatic carboxylic acids is 1. The molecule has 0 radical (unpaired) electrons. The number of carboxylic acid groups (broad SMARTS) is 1. The van der Waals surface area contributed by atoms with Crippen LogP contribution in [0.4, 0.5) is 4.39 Å². The van der Waals surface area contributed by atoms with Crippen LogP contribution in [-0.2, 0) is 17.6 Å². The molecule has 1 aliphatic carbocycles. The van der Waals surface area contributed by atoms with Crippen molar-refractivity contribution in [3.63, 3.8) is 0 Å². The van der Waals surface area contributed by atoms with E-state index in [4.69, 9.17) is 0 Å². The number of carboxylic acids is 1. The van der Waals surface area contributed by atoms with Crippen LogP contribution in [0, 0.1) is 12.7 Å². The van der Waals surface area contributed by atoms with Crippen molar-refractivity contribution in [1.82, 2.24) is 0 Å². The van der Waals surface area contributed by atoms with Gasteiger partial charge in [0.1, 0.15) is 11.6 Å². The zero-order chi connectivity index (χ0) is 18.7. The van der Waals surface area contributed by atoms with Crippen molar-refractivity contribution in [1.29, 1.82) is 0 Å². The van der Waals surface area contributed by atoms with Crippen LogP contribution in [0.2, 0.25) is 0 Å². The Kier molecular flexibility index (Phi) is 5.87. The van der Waals surface area contributed by atoms with Gasteiger partial charge in [0.15, 0.2) is 0 Å². The number of ketones is 1. The van der Waals surface area contributed by atoms with Crippen molar-refractivity contribution in [2.75, 3.05) is 0 Å². The van der Waals surface area contributed by atoms with Crippen LogP contribution >= 0.6 is 11.3 Å². The third-order valence-electron chi connectivity index (χ3n) is 5.15. The smallest absolute Gasteiger partial charge is 0.337 e. The lowest BCUT2D eigenvalue weighted by Gasteiger charge is -2.21. The summed E-state index contributed by atoms with van der Waals surface area (Å²) in [5, 5.41) is 11.6. The predicted molar refractivity (Wildman–Crippen MR) is 101 cm³/mol. The Hall–Kier alpha value is -2.01. The Labute approximate surface area is 156 Å². The third kappa shape index (κ3) is 4.21. The molecule has 5 heteroatoms. The second-order valence-electron chi connectivity index (χ2n) is 7.11. The maximum absolute atomic E-state index is 13.6. The highest BCUT2D eigenvalue weighted by Gasteiger charge is 2.26. The number of carbonyl (C=O) groups excluding carboxylic acids is 1. The molecule has 0 atom stereocenters. The van der Waals surface area contributed by atoms with Gasteiger partial charge < -0.3 is 5.11 Å². The second-order valence-corrected chi connectivity index (χ2v) is 8.07. The van der Waals surface area contributed by atoms with Crippen molar-refractivity contribution in [3.8, 4) is 0 Å². The van der Waals surface area contributed by atoms with Crippen LogP contribution in [0.1, 0.15) is 69.9 Å². The van der Waals surface area contributed by atoms with E-state index in [9.17, 15) is 19.1 Å². The summed E-state index contributed by atoms with van der Waals surface area (Å²) in [7, 11) is 0. The van der Waals surface area contributed by atoms with E-state index in [-0.39, 0.29) is 24.4 Å². The van der Waals surface area contributed by atoms with Crippen molar-refractivity contribution < 1.29 is 19.1 Å². The third-order valence-corrected chi connectivity index (χ3v) is 6.15. The Morgan fingerprint density at radius 2 is 1.92 bits per heavy atom. The molecule has 0 amide bonds. The number of Topliss-reactive ketones (excluding diaryl/α,β-unsaturated/α-hetero) is 1.